The predicted molar refractivity (Wildman–Crippen MR) is 72.5 cm³/mol. The fraction of sp³-hybridized carbons (Fsp3) is 0.154. The zero-order valence-electron chi connectivity index (χ0n) is 9.87. The number of ether oxygens (including phenoxy) is 1. The molecule has 0 aliphatic carbocycles. The Bertz CT molecular complexity index is 660. The van der Waals surface area contributed by atoms with Gasteiger partial charge < -0.3 is 4.74 Å². The van der Waals surface area contributed by atoms with Crippen LogP contribution in [0.25, 0.3) is 0 Å². The minimum absolute atomic E-state index is 0.0469. The summed E-state index contributed by atoms with van der Waals surface area (Å²) in [5, 5.41) is 10.5. The van der Waals surface area contributed by atoms with E-state index >= 15 is 0 Å². The third-order valence-corrected chi connectivity index (χ3v) is 4.08. The van der Waals surface area contributed by atoms with Crippen LogP contribution in [0.2, 0.25) is 0 Å². The van der Waals surface area contributed by atoms with E-state index in [9.17, 15) is 13.2 Å². The van der Waals surface area contributed by atoms with Crippen LogP contribution in [0, 0.1) is 11.3 Å². The number of rotatable bonds is 3. The molecule has 0 unspecified atom stereocenters. The molecule has 0 bridgehead atoms. The third-order valence-electron chi connectivity index (χ3n) is 2.41. The van der Waals surface area contributed by atoms with Crippen molar-refractivity contribution < 1.29 is 17.9 Å². The van der Waals surface area contributed by atoms with Crippen molar-refractivity contribution in [3.8, 4) is 11.8 Å². The van der Waals surface area contributed by atoms with Gasteiger partial charge >= 0.3 is 6.18 Å². The molecule has 0 fully saturated rings. The van der Waals surface area contributed by atoms with Crippen LogP contribution in [-0.2, 0) is 12.8 Å². The molecule has 1 aromatic heterocycles. The van der Waals surface area contributed by atoms with Crippen LogP contribution in [0.3, 0.4) is 0 Å². The standard InChI is InChI=1S/C13H7BrF3NOS/c14-9-4-10(20-7-9)6-19-12-2-1-8(5-18)3-11(12)13(15,16)17/h1-4,7H,6H2. The molecule has 20 heavy (non-hydrogen) atoms. The number of nitrogens with zero attached hydrogens (tertiary/aromatic N) is 1. The van der Waals surface area contributed by atoms with E-state index in [0.29, 0.717) is 0 Å². The highest BCUT2D eigenvalue weighted by molar-refractivity contribution is 9.10. The van der Waals surface area contributed by atoms with E-state index in [2.05, 4.69) is 15.9 Å². The van der Waals surface area contributed by atoms with Crippen molar-refractivity contribution in [1.29, 1.82) is 5.26 Å². The summed E-state index contributed by atoms with van der Waals surface area (Å²) in [5.41, 5.74) is -0.990. The monoisotopic (exact) mass is 361 g/mol. The molecular formula is C13H7BrF3NOS. The maximum Gasteiger partial charge on any atom is 0.420 e. The summed E-state index contributed by atoms with van der Waals surface area (Å²) < 4.78 is 44.8. The first kappa shape index (κ1) is 14.9. The number of hydrogen-bond donors (Lipinski definition) is 0. The summed E-state index contributed by atoms with van der Waals surface area (Å²) in [6, 6.07) is 6.73. The lowest BCUT2D eigenvalue weighted by Crippen LogP contribution is -2.09. The quantitative estimate of drug-likeness (QED) is 0.772. The highest BCUT2D eigenvalue weighted by atomic mass is 79.9. The number of halogens is 4. The third kappa shape index (κ3) is 3.52. The van der Waals surface area contributed by atoms with Crippen LogP contribution >= 0.6 is 27.3 Å². The van der Waals surface area contributed by atoms with Gasteiger partial charge in [0.05, 0.1) is 17.2 Å². The molecule has 0 aliphatic heterocycles. The fourth-order valence-corrected chi connectivity index (χ4v) is 2.89. The Labute approximate surface area is 125 Å². The van der Waals surface area contributed by atoms with Crippen molar-refractivity contribution in [2.45, 2.75) is 12.8 Å². The maximum absolute atomic E-state index is 12.9. The van der Waals surface area contributed by atoms with E-state index in [1.54, 1.807) is 12.1 Å². The Hall–Kier alpha value is -1.52. The molecule has 0 saturated carbocycles. The second-order valence-corrected chi connectivity index (χ2v) is 5.75. The SMILES string of the molecule is N#Cc1ccc(OCc2cc(Br)cs2)c(C(F)(F)F)c1. The number of alkyl halides is 3. The molecule has 0 atom stereocenters. The second kappa shape index (κ2) is 5.85. The van der Waals surface area contributed by atoms with Crippen LogP contribution in [0.15, 0.2) is 34.1 Å². The first-order chi connectivity index (χ1) is 9.40. The van der Waals surface area contributed by atoms with Gasteiger partial charge in [-0.1, -0.05) is 0 Å². The fourth-order valence-electron chi connectivity index (χ4n) is 1.53. The Morgan fingerprint density at radius 1 is 1.30 bits per heavy atom. The molecule has 0 aliphatic rings. The number of nitriles is 1. The second-order valence-electron chi connectivity index (χ2n) is 3.84. The molecule has 0 radical (unpaired) electrons. The summed E-state index contributed by atoms with van der Waals surface area (Å²) in [5.74, 6) is -0.277. The van der Waals surface area contributed by atoms with Crippen molar-refractivity contribution in [3.63, 3.8) is 0 Å². The molecule has 104 valence electrons. The largest absolute Gasteiger partial charge is 0.487 e. The Morgan fingerprint density at radius 3 is 2.60 bits per heavy atom. The van der Waals surface area contributed by atoms with Gasteiger partial charge in [0.1, 0.15) is 12.4 Å². The Kier molecular flexibility index (Phi) is 4.35. The van der Waals surface area contributed by atoms with Crippen molar-refractivity contribution in [3.05, 3.63) is 50.1 Å². The number of hydrogen-bond acceptors (Lipinski definition) is 3. The van der Waals surface area contributed by atoms with Crippen LogP contribution in [0.1, 0.15) is 16.0 Å². The first-order valence-electron chi connectivity index (χ1n) is 5.37. The smallest absolute Gasteiger partial charge is 0.420 e. The molecule has 0 spiro atoms. The van der Waals surface area contributed by atoms with Crippen molar-refractivity contribution in [2.24, 2.45) is 0 Å². The summed E-state index contributed by atoms with van der Waals surface area (Å²) in [6.45, 7) is 0.0469. The molecule has 2 aromatic rings. The summed E-state index contributed by atoms with van der Waals surface area (Å²) in [6.07, 6.45) is -4.56. The highest BCUT2D eigenvalue weighted by Crippen LogP contribution is 2.37. The normalized spacial score (nSPS) is 11.2. The van der Waals surface area contributed by atoms with Gasteiger partial charge in [-0.05, 0) is 40.2 Å². The molecule has 0 saturated heterocycles. The molecule has 0 N–H and O–H groups in total. The lowest BCUT2D eigenvalue weighted by Gasteiger charge is -2.13. The zero-order chi connectivity index (χ0) is 14.8. The number of thiophene rings is 1. The lowest BCUT2D eigenvalue weighted by atomic mass is 10.1. The Balaban J connectivity index is 2.25. The lowest BCUT2D eigenvalue weighted by molar-refractivity contribution is -0.139. The van der Waals surface area contributed by atoms with Gasteiger partial charge in [-0.15, -0.1) is 11.3 Å². The summed E-state index contributed by atoms with van der Waals surface area (Å²) in [7, 11) is 0. The summed E-state index contributed by atoms with van der Waals surface area (Å²) >= 11 is 4.65. The van der Waals surface area contributed by atoms with E-state index < -0.39 is 11.7 Å². The first-order valence-corrected chi connectivity index (χ1v) is 7.04. The van der Waals surface area contributed by atoms with Gasteiger partial charge in [-0.3, -0.25) is 0 Å². The molecule has 1 aromatic carbocycles. The minimum atomic E-state index is -4.56. The van der Waals surface area contributed by atoms with Crippen molar-refractivity contribution in [1.82, 2.24) is 0 Å². The molecule has 2 rings (SSSR count). The molecule has 0 amide bonds. The van der Waals surface area contributed by atoms with Crippen molar-refractivity contribution in [2.75, 3.05) is 0 Å². The van der Waals surface area contributed by atoms with Crippen LogP contribution < -0.4 is 4.74 Å². The molecule has 1 heterocycles. The van der Waals surface area contributed by atoms with E-state index in [4.69, 9.17) is 10.00 Å². The van der Waals surface area contributed by atoms with Crippen LogP contribution in [0.4, 0.5) is 13.2 Å². The van der Waals surface area contributed by atoms with Crippen LogP contribution in [-0.4, -0.2) is 0 Å². The average Bonchev–Trinajstić information content (AvgIpc) is 2.81. The van der Waals surface area contributed by atoms with E-state index in [1.807, 2.05) is 5.38 Å². The van der Waals surface area contributed by atoms with Crippen molar-refractivity contribution >= 4 is 27.3 Å². The highest BCUT2D eigenvalue weighted by Gasteiger charge is 2.34. The van der Waals surface area contributed by atoms with Crippen LogP contribution in [0.5, 0.6) is 5.75 Å². The maximum atomic E-state index is 12.9. The van der Waals surface area contributed by atoms with Gasteiger partial charge in [-0.2, -0.15) is 18.4 Å². The molecule has 2 nitrogen and oxygen atoms in total. The molecule has 7 heteroatoms. The van der Waals surface area contributed by atoms with Gasteiger partial charge in [0.2, 0.25) is 0 Å². The van der Waals surface area contributed by atoms with Gasteiger partial charge in [0, 0.05) is 14.7 Å². The predicted octanol–water partition coefficient (Wildman–Crippen LogP) is 4.98. The summed E-state index contributed by atoms with van der Waals surface area (Å²) in [4.78, 5) is 0.800. The van der Waals surface area contributed by atoms with Gasteiger partial charge in [-0.25, -0.2) is 0 Å². The van der Waals surface area contributed by atoms with Gasteiger partial charge in [0.25, 0.3) is 0 Å². The van der Waals surface area contributed by atoms with E-state index in [1.165, 1.54) is 23.5 Å². The number of benzene rings is 1. The van der Waals surface area contributed by atoms with E-state index in [-0.39, 0.29) is 17.9 Å². The average molecular weight is 362 g/mol. The van der Waals surface area contributed by atoms with Gasteiger partial charge in [0.15, 0.2) is 0 Å². The minimum Gasteiger partial charge on any atom is -0.487 e. The van der Waals surface area contributed by atoms with E-state index in [0.717, 1.165) is 15.4 Å². The topological polar surface area (TPSA) is 33.0 Å². The Morgan fingerprint density at radius 2 is 2.05 bits per heavy atom. The molecular weight excluding hydrogens is 355 g/mol. The zero-order valence-corrected chi connectivity index (χ0v) is 12.3.